The van der Waals surface area contributed by atoms with Gasteiger partial charge in [0, 0.05) is 17.8 Å². The number of non-ortho nitro benzene ring substituents is 1. The zero-order chi connectivity index (χ0) is 23.4. The van der Waals surface area contributed by atoms with E-state index in [1.807, 2.05) is 0 Å². The highest BCUT2D eigenvalue weighted by Gasteiger charge is 2.51. The standard InChI is InChI=1S/C22H20N2O8/c1-30-20(25)16-17(21(26)31-2)19(22(27)32-3)23(14-7-5-4-6-8-14)18(16)13-9-11-15(12-10-13)24(28)29/h4-12,18-19H,1-3H3/t18-,19+/m1/s1. The first kappa shape index (κ1) is 22.5. The third-order valence-electron chi connectivity index (χ3n) is 5.10. The number of nitro benzene ring substituents is 1. The molecule has 1 aliphatic rings. The summed E-state index contributed by atoms with van der Waals surface area (Å²) in [6.07, 6.45) is 0. The van der Waals surface area contributed by atoms with Crippen molar-refractivity contribution in [1.82, 2.24) is 0 Å². The number of hydrogen-bond donors (Lipinski definition) is 0. The summed E-state index contributed by atoms with van der Waals surface area (Å²) in [5.41, 5.74) is 0.435. The Labute approximate surface area is 183 Å². The van der Waals surface area contributed by atoms with Gasteiger partial charge in [-0.1, -0.05) is 18.2 Å². The molecule has 32 heavy (non-hydrogen) atoms. The highest BCUT2D eigenvalue weighted by Crippen LogP contribution is 2.45. The quantitative estimate of drug-likeness (QED) is 0.288. The van der Waals surface area contributed by atoms with Gasteiger partial charge in [-0.25, -0.2) is 14.4 Å². The van der Waals surface area contributed by atoms with Crippen LogP contribution >= 0.6 is 0 Å². The molecule has 0 radical (unpaired) electrons. The van der Waals surface area contributed by atoms with Gasteiger partial charge in [0.1, 0.15) is 0 Å². The van der Waals surface area contributed by atoms with Crippen molar-refractivity contribution in [3.8, 4) is 0 Å². The zero-order valence-corrected chi connectivity index (χ0v) is 17.5. The van der Waals surface area contributed by atoms with Gasteiger partial charge in [-0.05, 0) is 29.8 Å². The zero-order valence-electron chi connectivity index (χ0n) is 17.5. The highest BCUT2D eigenvalue weighted by molar-refractivity contribution is 6.10. The summed E-state index contributed by atoms with van der Waals surface area (Å²) in [5, 5.41) is 11.1. The van der Waals surface area contributed by atoms with Crippen molar-refractivity contribution in [3.63, 3.8) is 0 Å². The average molecular weight is 440 g/mol. The molecule has 0 saturated carbocycles. The highest BCUT2D eigenvalue weighted by atomic mass is 16.6. The molecule has 0 aromatic heterocycles. The molecule has 2 atom stereocenters. The van der Waals surface area contributed by atoms with Crippen molar-refractivity contribution < 1.29 is 33.5 Å². The van der Waals surface area contributed by atoms with Crippen molar-refractivity contribution in [2.45, 2.75) is 12.1 Å². The maximum Gasteiger partial charge on any atom is 0.337 e. The largest absolute Gasteiger partial charge is 0.467 e. The van der Waals surface area contributed by atoms with Crippen LogP contribution in [-0.2, 0) is 28.6 Å². The van der Waals surface area contributed by atoms with Crippen LogP contribution in [0.4, 0.5) is 11.4 Å². The second-order valence-electron chi connectivity index (χ2n) is 6.73. The molecule has 2 aromatic rings. The van der Waals surface area contributed by atoms with Crippen LogP contribution in [0.25, 0.3) is 0 Å². The number of benzene rings is 2. The number of hydrogen-bond acceptors (Lipinski definition) is 9. The molecule has 1 heterocycles. The fourth-order valence-electron chi connectivity index (χ4n) is 3.73. The van der Waals surface area contributed by atoms with Crippen LogP contribution in [0.2, 0.25) is 0 Å². The summed E-state index contributed by atoms with van der Waals surface area (Å²) in [4.78, 5) is 50.5. The van der Waals surface area contributed by atoms with E-state index in [1.54, 1.807) is 30.3 Å². The molecule has 0 aliphatic carbocycles. The Bertz CT molecular complexity index is 1080. The molecule has 0 fully saturated rings. The van der Waals surface area contributed by atoms with Crippen molar-refractivity contribution in [2.75, 3.05) is 26.2 Å². The Hall–Kier alpha value is -4.21. The Kier molecular flexibility index (Phi) is 6.53. The third-order valence-corrected chi connectivity index (χ3v) is 5.10. The van der Waals surface area contributed by atoms with Gasteiger partial charge in [-0.2, -0.15) is 0 Å². The predicted octanol–water partition coefficient (Wildman–Crippen LogP) is 2.34. The van der Waals surface area contributed by atoms with Crippen LogP contribution in [0.3, 0.4) is 0 Å². The molecule has 10 nitrogen and oxygen atoms in total. The normalized spacial score (nSPS) is 17.7. The van der Waals surface area contributed by atoms with Crippen molar-refractivity contribution >= 4 is 29.3 Å². The maximum atomic E-state index is 12.9. The summed E-state index contributed by atoms with van der Waals surface area (Å²) >= 11 is 0. The minimum absolute atomic E-state index is 0.118. The molecule has 166 valence electrons. The van der Waals surface area contributed by atoms with Gasteiger partial charge in [0.15, 0.2) is 6.04 Å². The van der Waals surface area contributed by atoms with Gasteiger partial charge in [-0.3, -0.25) is 10.1 Å². The van der Waals surface area contributed by atoms with Gasteiger partial charge in [0.25, 0.3) is 5.69 Å². The first-order valence-electron chi connectivity index (χ1n) is 9.42. The van der Waals surface area contributed by atoms with E-state index in [4.69, 9.17) is 14.2 Å². The molecule has 0 N–H and O–H groups in total. The summed E-state index contributed by atoms with van der Waals surface area (Å²) in [7, 11) is 3.44. The van der Waals surface area contributed by atoms with E-state index < -0.39 is 34.9 Å². The molecule has 10 heteroatoms. The van der Waals surface area contributed by atoms with E-state index in [1.165, 1.54) is 29.2 Å². The number of nitro groups is 1. The number of methoxy groups -OCH3 is 3. The van der Waals surface area contributed by atoms with Crippen molar-refractivity contribution in [2.24, 2.45) is 0 Å². The molecular formula is C22H20N2O8. The molecule has 0 spiro atoms. The lowest BCUT2D eigenvalue weighted by atomic mass is 9.96. The lowest BCUT2D eigenvalue weighted by molar-refractivity contribution is -0.384. The second-order valence-corrected chi connectivity index (χ2v) is 6.73. The van der Waals surface area contributed by atoms with Crippen molar-refractivity contribution in [3.05, 3.63) is 81.4 Å². The third kappa shape index (κ3) is 3.89. The van der Waals surface area contributed by atoms with Gasteiger partial charge in [0.2, 0.25) is 0 Å². The SMILES string of the molecule is COC(=O)C1=C(C(=O)OC)[C@@H](c2ccc([N+](=O)[O-])cc2)N(c2ccccc2)[C@@H]1C(=O)OC. The smallest absolute Gasteiger partial charge is 0.337 e. The number of carbonyl (C=O) groups excluding carboxylic acids is 3. The lowest BCUT2D eigenvalue weighted by Crippen LogP contribution is -2.42. The first-order chi connectivity index (χ1) is 15.3. The fourth-order valence-corrected chi connectivity index (χ4v) is 3.73. The van der Waals surface area contributed by atoms with Gasteiger partial charge < -0.3 is 19.1 Å². The van der Waals surface area contributed by atoms with E-state index >= 15 is 0 Å². The number of anilines is 1. The van der Waals surface area contributed by atoms with Crippen LogP contribution in [0.5, 0.6) is 0 Å². The Morgan fingerprint density at radius 1 is 0.844 bits per heavy atom. The van der Waals surface area contributed by atoms with Crippen LogP contribution in [0, 0.1) is 10.1 Å². The van der Waals surface area contributed by atoms with Crippen LogP contribution in [0.15, 0.2) is 65.7 Å². The second kappa shape index (κ2) is 9.29. The van der Waals surface area contributed by atoms with Gasteiger partial charge in [-0.15, -0.1) is 0 Å². The maximum absolute atomic E-state index is 12.9. The van der Waals surface area contributed by atoms with Gasteiger partial charge >= 0.3 is 17.9 Å². The number of esters is 3. The van der Waals surface area contributed by atoms with E-state index in [-0.39, 0.29) is 16.8 Å². The first-order valence-corrected chi connectivity index (χ1v) is 9.42. The monoisotopic (exact) mass is 440 g/mol. The number of rotatable bonds is 6. The summed E-state index contributed by atoms with van der Waals surface area (Å²) < 4.78 is 14.7. The van der Waals surface area contributed by atoms with E-state index in [9.17, 15) is 24.5 Å². The average Bonchev–Trinajstić information content (AvgIpc) is 3.19. The predicted molar refractivity (Wildman–Crippen MR) is 112 cm³/mol. The molecule has 0 amide bonds. The minimum Gasteiger partial charge on any atom is -0.467 e. The van der Waals surface area contributed by atoms with Crippen molar-refractivity contribution in [1.29, 1.82) is 0 Å². The van der Waals surface area contributed by atoms with Crippen LogP contribution in [0.1, 0.15) is 11.6 Å². The molecule has 1 aliphatic heterocycles. The summed E-state index contributed by atoms with van der Waals surface area (Å²) in [6.45, 7) is 0. The molecule has 0 unspecified atom stereocenters. The molecule has 0 saturated heterocycles. The molecule has 2 aromatic carbocycles. The Morgan fingerprint density at radius 3 is 1.91 bits per heavy atom. The Balaban J connectivity index is 2.33. The number of para-hydroxylation sites is 1. The number of carbonyl (C=O) groups is 3. The Morgan fingerprint density at radius 2 is 1.41 bits per heavy atom. The van der Waals surface area contributed by atoms with E-state index in [0.717, 1.165) is 21.3 Å². The van der Waals surface area contributed by atoms with Crippen LogP contribution < -0.4 is 4.90 Å². The number of ether oxygens (including phenoxy) is 3. The summed E-state index contributed by atoms with van der Waals surface area (Å²) in [6, 6.07) is 11.8. The molecule has 3 rings (SSSR count). The lowest BCUT2D eigenvalue weighted by Gasteiger charge is -2.32. The van der Waals surface area contributed by atoms with E-state index in [0.29, 0.717) is 11.3 Å². The topological polar surface area (TPSA) is 125 Å². The van der Waals surface area contributed by atoms with Crippen LogP contribution in [-0.4, -0.2) is 50.2 Å². The van der Waals surface area contributed by atoms with E-state index in [2.05, 4.69) is 0 Å². The van der Waals surface area contributed by atoms with Gasteiger partial charge in [0.05, 0.1) is 43.4 Å². The minimum atomic E-state index is -1.32. The fraction of sp³-hybridized carbons (Fsp3) is 0.227. The number of nitrogens with zero attached hydrogens (tertiary/aromatic N) is 2. The molecular weight excluding hydrogens is 420 g/mol. The molecule has 0 bridgehead atoms. The summed E-state index contributed by atoms with van der Waals surface area (Å²) in [5.74, 6) is -2.53.